The Morgan fingerprint density at radius 3 is 2.24 bits per heavy atom. The first-order valence-electron chi connectivity index (χ1n) is 16.7. The summed E-state index contributed by atoms with van der Waals surface area (Å²) in [5, 5.41) is 7.29. The van der Waals surface area contributed by atoms with Crippen molar-refractivity contribution in [3.63, 3.8) is 0 Å². The molecule has 0 spiro atoms. The van der Waals surface area contributed by atoms with Crippen LogP contribution in [0.15, 0.2) is 132 Å². The van der Waals surface area contributed by atoms with E-state index in [1.54, 1.807) is 6.20 Å². The van der Waals surface area contributed by atoms with Crippen LogP contribution in [-0.4, -0.2) is 14.4 Å². The van der Waals surface area contributed by atoms with Crippen LogP contribution in [0.4, 0.5) is 0 Å². The number of aromatic nitrogens is 3. The Balaban J connectivity index is 0.000000236. The molecule has 0 fully saturated rings. The van der Waals surface area contributed by atoms with Crippen LogP contribution in [0, 0.1) is 19.1 Å². The number of pyridine rings is 2. The summed E-state index contributed by atoms with van der Waals surface area (Å²) in [6.07, 6.45) is 3.70. The van der Waals surface area contributed by atoms with E-state index in [0.29, 0.717) is 0 Å². The van der Waals surface area contributed by atoms with E-state index < -0.39 is 0 Å². The van der Waals surface area contributed by atoms with Crippen LogP contribution in [0.5, 0.6) is 0 Å². The van der Waals surface area contributed by atoms with E-state index in [2.05, 4.69) is 116 Å². The van der Waals surface area contributed by atoms with E-state index >= 15 is 0 Å². The van der Waals surface area contributed by atoms with Crippen molar-refractivity contribution in [2.24, 2.45) is 0 Å². The normalized spacial score (nSPS) is 11.8. The zero-order valence-electron chi connectivity index (χ0n) is 28.2. The van der Waals surface area contributed by atoms with Crippen LogP contribution in [0.1, 0.15) is 31.9 Å². The fraction of sp³-hybridized carbons (Fsp3) is 0.111. The average Bonchev–Trinajstić information content (AvgIpc) is 3.78. The SMILES string of the molecule is Cc1ccc2c(c1)c1c3c(cc4c5cc(-c6cc(C(C)(C)C)ccn6)[c-]cc5n2c41)oc1ccccc13.[Ir].[c-]1ccccc1-c1ccccn1. The number of furan rings is 1. The van der Waals surface area contributed by atoms with Gasteiger partial charge in [-0.3, -0.25) is 0 Å². The van der Waals surface area contributed by atoms with Gasteiger partial charge in [0.05, 0.1) is 5.52 Å². The Morgan fingerprint density at radius 1 is 0.620 bits per heavy atom. The van der Waals surface area contributed by atoms with Crippen molar-refractivity contribution in [2.75, 3.05) is 0 Å². The van der Waals surface area contributed by atoms with Gasteiger partial charge in [-0.1, -0.05) is 74.2 Å². The van der Waals surface area contributed by atoms with E-state index in [0.717, 1.165) is 44.6 Å². The zero-order chi connectivity index (χ0) is 33.3. The molecule has 0 unspecified atom stereocenters. The number of fused-ring (bicyclic) bond motifs is 10. The minimum Gasteiger partial charge on any atom is -0.456 e. The molecule has 5 heteroatoms. The molecule has 10 aromatic rings. The summed E-state index contributed by atoms with van der Waals surface area (Å²) in [6.45, 7) is 8.86. The number of hydrogen-bond acceptors (Lipinski definition) is 3. The third kappa shape index (κ3) is 5.17. The Morgan fingerprint density at radius 2 is 1.44 bits per heavy atom. The third-order valence-electron chi connectivity index (χ3n) is 9.54. The molecule has 5 aromatic heterocycles. The Bertz CT molecular complexity index is 2770. The molecule has 5 aromatic carbocycles. The maximum Gasteiger partial charge on any atom is 0.136 e. The number of benzene rings is 5. The van der Waals surface area contributed by atoms with Crippen molar-refractivity contribution in [3.8, 4) is 22.5 Å². The second-order valence-electron chi connectivity index (χ2n) is 13.8. The fourth-order valence-electron chi connectivity index (χ4n) is 7.14. The Hall–Kier alpha value is -5.35. The molecular weight excluding hydrogens is 791 g/mol. The van der Waals surface area contributed by atoms with Gasteiger partial charge in [0.1, 0.15) is 11.2 Å². The van der Waals surface area contributed by atoms with Crippen LogP contribution in [-0.2, 0) is 25.5 Å². The smallest absolute Gasteiger partial charge is 0.136 e. The zero-order valence-corrected chi connectivity index (χ0v) is 30.6. The second kappa shape index (κ2) is 12.2. The van der Waals surface area contributed by atoms with E-state index in [9.17, 15) is 0 Å². The summed E-state index contributed by atoms with van der Waals surface area (Å²) in [6, 6.07) is 46.4. The van der Waals surface area contributed by atoms with Crippen LogP contribution in [0.25, 0.3) is 82.5 Å². The number of hydrogen-bond donors (Lipinski definition) is 0. The minimum atomic E-state index is 0. The minimum absolute atomic E-state index is 0. The molecule has 5 heterocycles. The predicted molar refractivity (Wildman–Crippen MR) is 202 cm³/mol. The summed E-state index contributed by atoms with van der Waals surface area (Å²) in [5.74, 6) is 0. The number of rotatable bonds is 2. The second-order valence-corrected chi connectivity index (χ2v) is 13.8. The van der Waals surface area contributed by atoms with Crippen LogP contribution in [0.3, 0.4) is 0 Å². The first-order chi connectivity index (χ1) is 23.8. The van der Waals surface area contributed by atoms with Crippen molar-refractivity contribution in [2.45, 2.75) is 33.1 Å². The van der Waals surface area contributed by atoms with Gasteiger partial charge >= 0.3 is 0 Å². The van der Waals surface area contributed by atoms with Gasteiger partial charge in [0, 0.05) is 59.6 Å². The molecule has 10 rings (SSSR count). The van der Waals surface area contributed by atoms with Gasteiger partial charge < -0.3 is 18.8 Å². The summed E-state index contributed by atoms with van der Waals surface area (Å²) in [5.41, 5.74) is 12.0. The number of nitrogens with zero attached hydrogens (tertiary/aromatic N) is 3. The van der Waals surface area contributed by atoms with Crippen LogP contribution >= 0.6 is 0 Å². The van der Waals surface area contributed by atoms with Gasteiger partial charge in [-0.05, 0) is 76.6 Å². The summed E-state index contributed by atoms with van der Waals surface area (Å²) >= 11 is 0. The van der Waals surface area contributed by atoms with Crippen LogP contribution in [0.2, 0.25) is 0 Å². The Labute approximate surface area is 304 Å². The maximum atomic E-state index is 6.43. The van der Waals surface area contributed by atoms with Gasteiger partial charge in [-0.25, -0.2) is 0 Å². The molecule has 245 valence electrons. The van der Waals surface area contributed by atoms with Gasteiger partial charge in [0.15, 0.2) is 0 Å². The molecule has 0 N–H and O–H groups in total. The molecule has 0 saturated carbocycles. The molecule has 0 aliphatic rings. The maximum absolute atomic E-state index is 6.43. The first kappa shape index (κ1) is 31.9. The molecule has 0 saturated heterocycles. The third-order valence-corrected chi connectivity index (χ3v) is 9.54. The van der Waals surface area contributed by atoms with E-state index in [1.165, 1.54) is 49.1 Å². The van der Waals surface area contributed by atoms with Crippen molar-refractivity contribution in [3.05, 3.63) is 151 Å². The van der Waals surface area contributed by atoms with E-state index in [-0.39, 0.29) is 25.5 Å². The quantitative estimate of drug-likeness (QED) is 0.163. The topological polar surface area (TPSA) is 43.3 Å². The molecule has 50 heavy (non-hydrogen) atoms. The van der Waals surface area contributed by atoms with Gasteiger partial charge in [0.2, 0.25) is 0 Å². The number of para-hydroxylation sites is 1. The molecule has 0 aliphatic carbocycles. The predicted octanol–water partition coefficient (Wildman–Crippen LogP) is 11.8. The summed E-state index contributed by atoms with van der Waals surface area (Å²) < 4.78 is 8.84. The van der Waals surface area contributed by atoms with Crippen LogP contribution < -0.4 is 0 Å². The van der Waals surface area contributed by atoms with Gasteiger partial charge in [0.25, 0.3) is 0 Å². The van der Waals surface area contributed by atoms with Crippen molar-refractivity contribution in [1.29, 1.82) is 0 Å². The monoisotopic (exact) mass is 824 g/mol. The fourth-order valence-corrected chi connectivity index (χ4v) is 7.14. The molecule has 0 aliphatic heterocycles. The summed E-state index contributed by atoms with van der Waals surface area (Å²) in [4.78, 5) is 8.93. The van der Waals surface area contributed by atoms with Crippen molar-refractivity contribution in [1.82, 2.24) is 14.4 Å². The Kier molecular flexibility index (Phi) is 7.79. The first-order valence-corrected chi connectivity index (χ1v) is 16.7. The average molecular weight is 824 g/mol. The molecular formula is C45H33IrN3O-2. The van der Waals surface area contributed by atoms with Crippen molar-refractivity contribution < 1.29 is 24.5 Å². The largest absolute Gasteiger partial charge is 0.456 e. The standard InChI is InChI=1S/C34H25N2O.C11H8N.Ir/c1-19-9-11-28-25(15-19)32-31-22-7-5-6-8-29(22)37-30(31)18-24-23-16-20(10-12-27(23)36(28)33(24)32)26-17-21(13-14-35-26)34(2,3)4;1-2-6-10(7-3-1)11-8-4-5-9-12-11;/h5-9,11-18H,1-4H3;1-6,8-9H;/q2*-1;. The van der Waals surface area contributed by atoms with Gasteiger partial charge in [-0.15, -0.1) is 59.7 Å². The van der Waals surface area contributed by atoms with E-state index in [4.69, 9.17) is 9.40 Å². The molecule has 0 bridgehead atoms. The molecule has 0 amide bonds. The molecule has 1 radical (unpaired) electrons. The molecule has 4 nitrogen and oxygen atoms in total. The van der Waals surface area contributed by atoms with Gasteiger partial charge in [-0.2, -0.15) is 0 Å². The summed E-state index contributed by atoms with van der Waals surface area (Å²) in [7, 11) is 0. The van der Waals surface area contributed by atoms with E-state index in [1.807, 2.05) is 54.7 Å². The van der Waals surface area contributed by atoms with Crippen molar-refractivity contribution >= 4 is 60.0 Å². The number of aryl methyl sites for hydroxylation is 1. The molecule has 0 atom stereocenters.